The van der Waals surface area contributed by atoms with Gasteiger partial charge >= 0.3 is 0 Å². The molecule has 0 radical (unpaired) electrons. The molecule has 0 N–H and O–H groups in total. The highest BCUT2D eigenvalue weighted by Crippen LogP contribution is 2.35. The first-order chi connectivity index (χ1) is 19.8. The molecule has 0 saturated carbocycles. The van der Waals surface area contributed by atoms with E-state index in [-0.39, 0.29) is 18.0 Å². The number of aliphatic imine (C=N–C) groups is 1. The first-order valence-electron chi connectivity index (χ1n) is 13.5. The molecular formula is C31H33FN6O3. The van der Waals surface area contributed by atoms with Gasteiger partial charge in [0.1, 0.15) is 29.7 Å². The van der Waals surface area contributed by atoms with Crippen LogP contribution < -0.4 is 4.90 Å². The fourth-order valence-corrected chi connectivity index (χ4v) is 5.31. The monoisotopic (exact) mass is 556 g/mol. The van der Waals surface area contributed by atoms with Gasteiger partial charge in [0, 0.05) is 56.3 Å². The Kier molecular flexibility index (Phi) is 8.17. The van der Waals surface area contributed by atoms with Crippen LogP contribution in [0.5, 0.6) is 0 Å². The molecule has 3 aromatic rings. The zero-order valence-corrected chi connectivity index (χ0v) is 23.5. The van der Waals surface area contributed by atoms with Crippen molar-refractivity contribution >= 4 is 34.6 Å². The van der Waals surface area contributed by atoms with E-state index in [0.29, 0.717) is 60.2 Å². The Morgan fingerprint density at radius 3 is 2.78 bits per heavy atom. The van der Waals surface area contributed by atoms with Crippen molar-refractivity contribution in [3.05, 3.63) is 66.3 Å². The van der Waals surface area contributed by atoms with E-state index in [1.165, 1.54) is 19.6 Å². The number of anilines is 1. The quantitative estimate of drug-likeness (QED) is 0.226. The van der Waals surface area contributed by atoms with E-state index in [9.17, 15) is 14.4 Å². The van der Waals surface area contributed by atoms with E-state index in [0.717, 1.165) is 23.2 Å². The number of benzene rings is 1. The summed E-state index contributed by atoms with van der Waals surface area (Å²) in [6, 6.07) is 11.7. The van der Waals surface area contributed by atoms with Gasteiger partial charge in [-0.25, -0.2) is 9.38 Å². The molecule has 2 atom stereocenters. The number of fused-ring (bicyclic) bond motifs is 1. The lowest BCUT2D eigenvalue weighted by atomic mass is 10.0. The molecule has 1 amide bonds. The van der Waals surface area contributed by atoms with Crippen molar-refractivity contribution in [3.63, 3.8) is 0 Å². The molecule has 0 bridgehead atoms. The van der Waals surface area contributed by atoms with Gasteiger partial charge in [-0.2, -0.15) is 5.26 Å². The van der Waals surface area contributed by atoms with Gasteiger partial charge in [-0.1, -0.05) is 12.6 Å². The summed E-state index contributed by atoms with van der Waals surface area (Å²) in [6.45, 7) is 6.13. The van der Waals surface area contributed by atoms with Crippen molar-refractivity contribution < 1.29 is 18.3 Å². The van der Waals surface area contributed by atoms with Gasteiger partial charge in [0.25, 0.3) is 5.91 Å². The Balaban J connectivity index is 1.40. The third-order valence-electron chi connectivity index (χ3n) is 7.61. The maximum Gasteiger partial charge on any atom is 0.254 e. The first-order valence-corrected chi connectivity index (χ1v) is 13.5. The third kappa shape index (κ3) is 5.86. The van der Waals surface area contributed by atoms with E-state index in [4.69, 9.17) is 9.15 Å². The number of nitrogens with zero attached hydrogens (tertiary/aromatic N) is 6. The first kappa shape index (κ1) is 28.1. The number of pyridine rings is 1. The number of likely N-dealkylation sites (N-methyl/N-ethyl adjacent to an activating group) is 1. The minimum Gasteiger partial charge on any atom is -0.502 e. The summed E-state index contributed by atoms with van der Waals surface area (Å²) >= 11 is 0. The van der Waals surface area contributed by atoms with Gasteiger partial charge in [-0.05, 0) is 50.7 Å². The predicted molar refractivity (Wildman–Crippen MR) is 157 cm³/mol. The molecule has 0 aliphatic carbocycles. The zero-order valence-electron chi connectivity index (χ0n) is 23.5. The molecule has 1 aromatic carbocycles. The number of halogens is 1. The second-order valence-corrected chi connectivity index (χ2v) is 10.5. The zero-order chi connectivity index (χ0) is 29.1. The van der Waals surface area contributed by atoms with E-state index in [2.05, 4.69) is 27.5 Å². The van der Waals surface area contributed by atoms with Gasteiger partial charge in [0.15, 0.2) is 11.3 Å². The van der Waals surface area contributed by atoms with Crippen LogP contribution in [0.1, 0.15) is 24.2 Å². The van der Waals surface area contributed by atoms with Crippen LogP contribution in [0.15, 0.2) is 64.4 Å². The highest BCUT2D eigenvalue weighted by Gasteiger charge is 2.28. The van der Waals surface area contributed by atoms with Crippen molar-refractivity contribution in [1.82, 2.24) is 14.8 Å². The van der Waals surface area contributed by atoms with E-state index in [1.807, 2.05) is 37.2 Å². The lowest BCUT2D eigenvalue weighted by Crippen LogP contribution is -2.35. The maximum absolute atomic E-state index is 13.8. The number of hydrogen-bond acceptors (Lipinski definition) is 8. The molecule has 212 valence electrons. The minimum atomic E-state index is -0.884. The van der Waals surface area contributed by atoms with E-state index in [1.54, 1.807) is 23.2 Å². The fraction of sp³-hybridized carbons (Fsp3) is 0.355. The number of alkyl halides is 1. The number of nitriles is 1. The molecule has 0 spiro atoms. The molecule has 9 nitrogen and oxygen atoms in total. The summed E-state index contributed by atoms with van der Waals surface area (Å²) < 4.78 is 25.3. The average molecular weight is 557 g/mol. The maximum atomic E-state index is 13.8. The summed E-state index contributed by atoms with van der Waals surface area (Å²) in [4.78, 5) is 27.7. The van der Waals surface area contributed by atoms with Crippen LogP contribution in [0.4, 0.5) is 10.1 Å². The van der Waals surface area contributed by atoms with Crippen molar-refractivity contribution in [1.29, 1.82) is 5.26 Å². The van der Waals surface area contributed by atoms with Crippen molar-refractivity contribution in [2.24, 2.45) is 4.99 Å². The number of likely N-dealkylation sites (tertiary alicyclic amines) is 1. The molecule has 41 heavy (non-hydrogen) atoms. The number of carbonyl (C=O) groups is 1. The number of rotatable bonds is 8. The van der Waals surface area contributed by atoms with Crippen molar-refractivity contribution in [2.45, 2.75) is 25.1 Å². The molecule has 2 saturated heterocycles. The summed E-state index contributed by atoms with van der Waals surface area (Å²) in [7, 11) is 5.53. The van der Waals surface area contributed by atoms with Gasteiger partial charge < -0.3 is 23.9 Å². The summed E-state index contributed by atoms with van der Waals surface area (Å²) in [5.74, 6) is 0.242. The number of ether oxygens (including phenoxy) is 1. The summed E-state index contributed by atoms with van der Waals surface area (Å²) in [5, 5.41) is 9.83. The molecule has 5 rings (SSSR count). The number of methoxy groups -OCH3 is 1. The number of amides is 1. The van der Waals surface area contributed by atoms with Crippen LogP contribution in [0, 0.1) is 11.3 Å². The molecule has 2 aliphatic heterocycles. The molecule has 0 unspecified atom stereocenters. The van der Waals surface area contributed by atoms with Gasteiger partial charge in [0.05, 0.1) is 23.9 Å². The number of aromatic nitrogens is 1. The van der Waals surface area contributed by atoms with Gasteiger partial charge in [-0.15, -0.1) is 0 Å². The van der Waals surface area contributed by atoms with Crippen LogP contribution in [-0.2, 0) is 9.53 Å². The number of hydrogen-bond donors (Lipinski definition) is 0. The molecular weight excluding hydrogens is 523 g/mol. The fourth-order valence-electron chi connectivity index (χ4n) is 5.31. The van der Waals surface area contributed by atoms with Crippen molar-refractivity contribution in [3.8, 4) is 17.2 Å². The summed E-state index contributed by atoms with van der Waals surface area (Å²) in [5.41, 5.74) is 4.46. The third-order valence-corrected chi connectivity index (χ3v) is 7.61. The van der Waals surface area contributed by atoms with Gasteiger partial charge in [0.2, 0.25) is 0 Å². The van der Waals surface area contributed by atoms with Crippen LogP contribution in [-0.4, -0.2) is 86.5 Å². The van der Waals surface area contributed by atoms with Crippen LogP contribution >= 0.6 is 0 Å². The minimum absolute atomic E-state index is 0.156. The molecule has 2 fully saturated rings. The predicted octanol–water partition coefficient (Wildman–Crippen LogP) is 4.65. The Morgan fingerprint density at radius 2 is 2.10 bits per heavy atom. The molecule has 2 aliphatic rings. The highest BCUT2D eigenvalue weighted by atomic mass is 19.1. The number of furan rings is 1. The Bertz CT molecular complexity index is 1570. The lowest BCUT2D eigenvalue weighted by molar-refractivity contribution is -0.125. The second-order valence-electron chi connectivity index (χ2n) is 10.5. The second kappa shape index (κ2) is 11.9. The van der Waals surface area contributed by atoms with E-state index >= 15 is 0 Å². The Labute approximate surface area is 238 Å². The lowest BCUT2D eigenvalue weighted by Gasteiger charge is -2.20. The molecule has 2 aromatic heterocycles. The largest absolute Gasteiger partial charge is 0.502 e. The molecule has 10 heteroatoms. The van der Waals surface area contributed by atoms with Crippen LogP contribution in [0.2, 0.25) is 0 Å². The SMILES string of the molecule is C=C(C=N/C(=C/OC)c1cc2nccc(-c3ccc(N4CC[C@H](F)C4)c(C#N)c3)c2o1)C(=O)N1CC[C@@H](N(C)C)C1. The van der Waals surface area contributed by atoms with Gasteiger partial charge in [-0.3, -0.25) is 9.78 Å². The van der Waals surface area contributed by atoms with E-state index < -0.39 is 6.17 Å². The Morgan fingerprint density at radius 1 is 1.27 bits per heavy atom. The normalized spacial score (nSPS) is 19.5. The number of carbonyl (C=O) groups excluding carboxylic acids is 1. The Hall–Kier alpha value is -4.49. The average Bonchev–Trinajstić information content (AvgIpc) is 3.74. The molecule has 4 heterocycles. The van der Waals surface area contributed by atoms with Crippen LogP contribution in [0.3, 0.4) is 0 Å². The van der Waals surface area contributed by atoms with Crippen molar-refractivity contribution in [2.75, 3.05) is 52.3 Å². The van der Waals surface area contributed by atoms with Crippen LogP contribution in [0.25, 0.3) is 27.9 Å². The topological polar surface area (TPSA) is 98.2 Å². The smallest absolute Gasteiger partial charge is 0.254 e. The summed E-state index contributed by atoms with van der Waals surface area (Å²) in [6.07, 6.45) is 5.03. The standard InChI is InChI=1S/C31H33FN6O3/c1-20(31(39)38-12-9-24(18-38)36(2)3)16-35-27(19-40-4)29-14-26-30(41-29)25(7-10-34-26)21-5-6-28(22(13-21)15-33)37-11-8-23(32)17-37/h5-7,10,13-14,16,19,23-24H,1,8-9,11-12,17-18H2,2-4H3/b27-19+,35-16?/t23-,24+/m0/s1. The highest BCUT2D eigenvalue weighted by molar-refractivity contribution is 6.12.